The van der Waals surface area contributed by atoms with Crippen LogP contribution < -0.4 is 11.3 Å². The van der Waals surface area contributed by atoms with Crippen LogP contribution in [0.5, 0.6) is 0 Å². The van der Waals surface area contributed by atoms with E-state index >= 15 is 0 Å². The number of nitrogen functional groups attached to an aromatic ring is 1. The molecule has 1 aromatic carbocycles. The van der Waals surface area contributed by atoms with Gasteiger partial charge in [0.25, 0.3) is 5.56 Å². The van der Waals surface area contributed by atoms with Gasteiger partial charge in [-0.15, -0.1) is 0 Å². The third-order valence-corrected chi connectivity index (χ3v) is 3.70. The molecule has 0 aliphatic carbocycles. The Morgan fingerprint density at radius 3 is 2.58 bits per heavy atom. The summed E-state index contributed by atoms with van der Waals surface area (Å²) in [4.78, 5) is 21.2. The van der Waals surface area contributed by atoms with E-state index in [-0.39, 0.29) is 11.4 Å². The number of hydrogen-bond donors (Lipinski definition) is 2. The Balaban J connectivity index is 2.00. The molecule has 0 bridgehead atoms. The summed E-state index contributed by atoms with van der Waals surface area (Å²) in [5.74, 6) is -0.0498. The van der Waals surface area contributed by atoms with Crippen molar-refractivity contribution in [3.63, 3.8) is 0 Å². The molecule has 0 radical (unpaired) electrons. The second-order valence-corrected chi connectivity index (χ2v) is 5.26. The van der Waals surface area contributed by atoms with E-state index in [0.29, 0.717) is 34.0 Å². The highest BCUT2D eigenvalue weighted by atomic mass is 19.1. The molecule has 4 rings (SSSR count). The smallest absolute Gasteiger partial charge is 0.273 e. The Hall–Kier alpha value is -3.48. The Kier molecular flexibility index (Phi) is 3.13. The van der Waals surface area contributed by atoms with E-state index in [1.165, 1.54) is 22.7 Å². The lowest BCUT2D eigenvalue weighted by molar-refractivity contribution is 0.628. The molecule has 0 aliphatic heterocycles. The number of rotatable bonds is 2. The van der Waals surface area contributed by atoms with Crippen LogP contribution in [0.2, 0.25) is 0 Å². The first-order valence-corrected chi connectivity index (χ1v) is 7.22. The minimum absolute atomic E-state index is 0.301. The van der Waals surface area contributed by atoms with Gasteiger partial charge in [-0.05, 0) is 36.4 Å². The van der Waals surface area contributed by atoms with Gasteiger partial charge in [0.2, 0.25) is 0 Å². The predicted octanol–water partition coefficient (Wildman–Crippen LogP) is 2.47. The fraction of sp³-hybridized carbons (Fsp3) is 0. The first-order chi connectivity index (χ1) is 11.6. The third-order valence-electron chi connectivity index (χ3n) is 3.70. The molecule has 3 aromatic heterocycles. The Bertz CT molecular complexity index is 1080. The average molecular weight is 321 g/mol. The minimum atomic E-state index is -0.350. The van der Waals surface area contributed by atoms with Crippen LogP contribution in [0, 0.1) is 5.82 Å². The van der Waals surface area contributed by atoms with Gasteiger partial charge in [-0.3, -0.25) is 14.9 Å². The maximum absolute atomic E-state index is 13.1. The van der Waals surface area contributed by atoms with Crippen LogP contribution in [0.15, 0.2) is 59.5 Å². The van der Waals surface area contributed by atoms with Crippen molar-refractivity contribution >= 4 is 11.5 Å². The number of halogens is 1. The molecule has 118 valence electrons. The van der Waals surface area contributed by atoms with Crippen molar-refractivity contribution in [2.45, 2.75) is 0 Å². The summed E-state index contributed by atoms with van der Waals surface area (Å²) in [6, 6.07) is 12.6. The van der Waals surface area contributed by atoms with Crippen molar-refractivity contribution in [1.82, 2.24) is 19.6 Å². The highest BCUT2D eigenvalue weighted by Crippen LogP contribution is 2.28. The van der Waals surface area contributed by atoms with E-state index in [0.717, 1.165) is 0 Å². The summed E-state index contributed by atoms with van der Waals surface area (Å²) in [5, 5.41) is 2.80. The highest BCUT2D eigenvalue weighted by molar-refractivity contribution is 5.85. The van der Waals surface area contributed by atoms with Gasteiger partial charge in [0.1, 0.15) is 11.6 Å². The maximum Gasteiger partial charge on any atom is 0.273 e. The van der Waals surface area contributed by atoms with Crippen LogP contribution in [-0.4, -0.2) is 19.6 Å². The molecule has 0 saturated carbocycles. The highest BCUT2D eigenvalue weighted by Gasteiger charge is 2.16. The fourth-order valence-electron chi connectivity index (χ4n) is 2.59. The molecule has 0 unspecified atom stereocenters. The SMILES string of the molecule is Nc1[nH]n2c(=O)cc(-c3ccc(F)cc3)nc2c1-c1ccccn1. The monoisotopic (exact) mass is 321 g/mol. The number of nitrogens with zero attached hydrogens (tertiary/aromatic N) is 3. The van der Waals surface area contributed by atoms with Crippen molar-refractivity contribution in [1.29, 1.82) is 0 Å². The molecule has 0 atom stereocenters. The number of nitrogens with one attached hydrogen (secondary N) is 1. The Morgan fingerprint density at radius 1 is 1.08 bits per heavy atom. The average Bonchev–Trinajstić information content (AvgIpc) is 2.93. The molecule has 0 amide bonds. The van der Waals surface area contributed by atoms with Crippen LogP contribution in [0.25, 0.3) is 28.2 Å². The van der Waals surface area contributed by atoms with E-state index in [9.17, 15) is 9.18 Å². The molecular formula is C17H12FN5O. The van der Waals surface area contributed by atoms with Crippen LogP contribution in [0.3, 0.4) is 0 Å². The predicted molar refractivity (Wildman–Crippen MR) is 88.9 cm³/mol. The normalized spacial score (nSPS) is 11.0. The summed E-state index contributed by atoms with van der Waals surface area (Å²) < 4.78 is 14.4. The number of benzene rings is 1. The lowest BCUT2D eigenvalue weighted by atomic mass is 10.1. The molecule has 6 nitrogen and oxygen atoms in total. The molecule has 0 saturated heterocycles. The van der Waals surface area contributed by atoms with Gasteiger partial charge in [-0.2, -0.15) is 4.52 Å². The number of aromatic amines is 1. The van der Waals surface area contributed by atoms with Crippen LogP contribution in [0.1, 0.15) is 0 Å². The summed E-state index contributed by atoms with van der Waals surface area (Å²) in [6.07, 6.45) is 1.64. The van der Waals surface area contributed by atoms with E-state index in [2.05, 4.69) is 15.1 Å². The van der Waals surface area contributed by atoms with Crippen molar-refractivity contribution in [2.75, 3.05) is 5.73 Å². The van der Waals surface area contributed by atoms with Gasteiger partial charge in [0, 0.05) is 17.8 Å². The summed E-state index contributed by atoms with van der Waals surface area (Å²) in [7, 11) is 0. The molecule has 7 heteroatoms. The molecule has 3 heterocycles. The molecule has 4 aromatic rings. The van der Waals surface area contributed by atoms with Crippen LogP contribution >= 0.6 is 0 Å². The Labute approximate surface area is 135 Å². The minimum Gasteiger partial charge on any atom is -0.383 e. The second-order valence-electron chi connectivity index (χ2n) is 5.26. The van der Waals surface area contributed by atoms with Crippen molar-refractivity contribution in [3.8, 4) is 22.5 Å². The number of anilines is 1. The molecule has 24 heavy (non-hydrogen) atoms. The Morgan fingerprint density at radius 2 is 1.88 bits per heavy atom. The first kappa shape index (κ1) is 14.1. The molecular weight excluding hydrogens is 309 g/mol. The van der Waals surface area contributed by atoms with Crippen LogP contribution in [-0.2, 0) is 0 Å². The third kappa shape index (κ3) is 2.23. The van der Waals surface area contributed by atoms with Crippen LogP contribution in [0.4, 0.5) is 10.2 Å². The van der Waals surface area contributed by atoms with E-state index in [1.54, 1.807) is 30.5 Å². The molecule has 0 spiro atoms. The number of aromatic nitrogens is 4. The number of H-pyrrole nitrogens is 1. The van der Waals surface area contributed by atoms with Crippen molar-refractivity contribution in [3.05, 3.63) is 70.9 Å². The topological polar surface area (TPSA) is 89.1 Å². The van der Waals surface area contributed by atoms with Gasteiger partial charge in [-0.1, -0.05) is 6.07 Å². The number of hydrogen-bond acceptors (Lipinski definition) is 4. The summed E-state index contributed by atoms with van der Waals surface area (Å²) >= 11 is 0. The number of fused-ring (bicyclic) bond motifs is 1. The molecule has 3 N–H and O–H groups in total. The van der Waals surface area contributed by atoms with E-state index < -0.39 is 0 Å². The second kappa shape index (κ2) is 5.31. The lowest BCUT2D eigenvalue weighted by Crippen LogP contribution is -2.14. The van der Waals surface area contributed by atoms with Gasteiger partial charge in [0.15, 0.2) is 5.65 Å². The van der Waals surface area contributed by atoms with Crippen molar-refractivity contribution in [2.24, 2.45) is 0 Å². The fourth-order valence-corrected chi connectivity index (χ4v) is 2.59. The zero-order chi connectivity index (χ0) is 16.7. The maximum atomic E-state index is 13.1. The zero-order valence-corrected chi connectivity index (χ0v) is 12.4. The summed E-state index contributed by atoms with van der Waals surface area (Å²) in [6.45, 7) is 0. The molecule has 0 fully saturated rings. The number of nitrogens with two attached hydrogens (primary N) is 1. The van der Waals surface area contributed by atoms with Gasteiger partial charge in [-0.25, -0.2) is 9.37 Å². The van der Waals surface area contributed by atoms with Gasteiger partial charge < -0.3 is 5.73 Å². The van der Waals surface area contributed by atoms with Crippen molar-refractivity contribution < 1.29 is 4.39 Å². The van der Waals surface area contributed by atoms with Gasteiger partial charge in [0.05, 0.1) is 17.0 Å². The van der Waals surface area contributed by atoms with E-state index in [1.807, 2.05) is 6.07 Å². The molecule has 0 aliphatic rings. The number of pyridine rings is 1. The lowest BCUT2D eigenvalue weighted by Gasteiger charge is -2.03. The van der Waals surface area contributed by atoms with Gasteiger partial charge >= 0.3 is 0 Å². The summed E-state index contributed by atoms with van der Waals surface area (Å²) in [5.41, 5.74) is 8.32. The standard InChI is InChI=1S/C17H12FN5O/c18-11-6-4-10(5-7-11)13-9-14(24)23-17(21-13)15(16(19)22-23)12-3-1-2-8-20-12/h1-9,22H,19H2. The zero-order valence-electron chi connectivity index (χ0n) is 12.4. The first-order valence-electron chi connectivity index (χ1n) is 7.22. The van der Waals surface area contributed by atoms with E-state index in [4.69, 9.17) is 5.73 Å². The largest absolute Gasteiger partial charge is 0.383 e. The quantitative estimate of drug-likeness (QED) is 0.593.